The van der Waals surface area contributed by atoms with Crippen molar-refractivity contribution < 1.29 is 9.53 Å². The molecule has 0 fully saturated rings. The predicted molar refractivity (Wildman–Crippen MR) is 86.1 cm³/mol. The van der Waals surface area contributed by atoms with Gasteiger partial charge in [0.05, 0.1) is 0 Å². The maximum Gasteiger partial charge on any atom is 0.338 e. The van der Waals surface area contributed by atoms with E-state index in [9.17, 15) is 4.79 Å². The molecular weight excluding hydrogens is 262 g/mol. The zero-order valence-corrected chi connectivity index (χ0v) is 12.6. The maximum atomic E-state index is 11.6. The second kappa shape index (κ2) is 6.27. The fourth-order valence-electron chi connectivity index (χ4n) is 1.90. The highest BCUT2D eigenvalue weighted by atomic mass is 16.5. The number of esters is 1. The van der Waals surface area contributed by atoms with Crippen molar-refractivity contribution in [1.82, 2.24) is 0 Å². The minimum atomic E-state index is -0.402. The number of ether oxygens (including phenoxy) is 1. The van der Waals surface area contributed by atoms with E-state index in [1.54, 1.807) is 6.92 Å². The van der Waals surface area contributed by atoms with Crippen molar-refractivity contribution >= 4 is 17.3 Å². The lowest BCUT2D eigenvalue weighted by Gasteiger charge is -2.14. The first kappa shape index (κ1) is 14.9. The quantitative estimate of drug-likeness (QED) is 0.508. The molecule has 0 spiro atoms. The molecule has 0 heterocycles. The van der Waals surface area contributed by atoms with Gasteiger partial charge in [0, 0.05) is 16.9 Å². The van der Waals surface area contributed by atoms with Gasteiger partial charge in [-0.05, 0) is 56.2 Å². The Bertz CT molecular complexity index is 675. The van der Waals surface area contributed by atoms with Crippen LogP contribution in [0.4, 0.5) is 11.4 Å². The van der Waals surface area contributed by atoms with E-state index in [1.807, 2.05) is 56.3 Å². The summed E-state index contributed by atoms with van der Waals surface area (Å²) in [5.74, 6) is 0.167. The van der Waals surface area contributed by atoms with Gasteiger partial charge >= 0.3 is 5.97 Å². The fourth-order valence-corrected chi connectivity index (χ4v) is 1.90. The summed E-state index contributed by atoms with van der Waals surface area (Å²) in [5.41, 5.74) is 4.31. The molecule has 0 aliphatic rings. The number of carbonyl (C=O) groups is 1. The lowest BCUT2D eigenvalue weighted by molar-refractivity contribution is -0.130. The molecule has 2 aromatic carbocycles. The first-order valence-electron chi connectivity index (χ1n) is 6.78. The third kappa shape index (κ3) is 3.72. The largest absolute Gasteiger partial charge is 0.423 e. The van der Waals surface area contributed by atoms with E-state index in [2.05, 4.69) is 11.9 Å². The second-order valence-corrected chi connectivity index (χ2v) is 5.09. The van der Waals surface area contributed by atoms with Gasteiger partial charge in [-0.25, -0.2) is 4.79 Å². The molecule has 0 saturated heterocycles. The zero-order valence-electron chi connectivity index (χ0n) is 12.6. The van der Waals surface area contributed by atoms with Crippen molar-refractivity contribution in [3.63, 3.8) is 0 Å². The van der Waals surface area contributed by atoms with E-state index in [4.69, 9.17) is 4.74 Å². The minimum absolute atomic E-state index is 0.388. The number of anilines is 2. The van der Waals surface area contributed by atoms with Crippen LogP contribution in [-0.2, 0) is 4.79 Å². The highest BCUT2D eigenvalue weighted by Gasteiger charge is 2.10. The summed E-state index contributed by atoms with van der Waals surface area (Å²) in [7, 11) is 0. The molecule has 0 atom stereocenters. The van der Waals surface area contributed by atoms with E-state index in [1.165, 1.54) is 0 Å². The average molecular weight is 281 g/mol. The van der Waals surface area contributed by atoms with Gasteiger partial charge in [0.2, 0.25) is 0 Å². The van der Waals surface area contributed by atoms with Crippen molar-refractivity contribution in [3.05, 3.63) is 65.7 Å². The van der Waals surface area contributed by atoms with Gasteiger partial charge in [-0.15, -0.1) is 0 Å². The molecule has 21 heavy (non-hydrogen) atoms. The molecule has 0 amide bonds. The van der Waals surface area contributed by atoms with E-state index >= 15 is 0 Å². The summed E-state index contributed by atoms with van der Waals surface area (Å²) < 4.78 is 5.33. The van der Waals surface area contributed by atoms with Gasteiger partial charge in [-0.2, -0.15) is 0 Å². The first-order valence-corrected chi connectivity index (χ1v) is 6.78. The summed E-state index contributed by atoms with van der Waals surface area (Å²) in [6, 6.07) is 13.8. The molecule has 108 valence electrons. The van der Waals surface area contributed by atoms with Crippen molar-refractivity contribution in [2.75, 3.05) is 5.32 Å². The number of benzene rings is 2. The van der Waals surface area contributed by atoms with Crippen LogP contribution in [0.1, 0.15) is 18.1 Å². The second-order valence-electron chi connectivity index (χ2n) is 5.09. The van der Waals surface area contributed by atoms with Crippen molar-refractivity contribution in [2.45, 2.75) is 20.8 Å². The summed E-state index contributed by atoms with van der Waals surface area (Å²) in [6.45, 7) is 9.11. The van der Waals surface area contributed by atoms with Gasteiger partial charge < -0.3 is 10.1 Å². The van der Waals surface area contributed by atoms with E-state index in [0.29, 0.717) is 11.3 Å². The Balaban J connectivity index is 2.25. The lowest BCUT2D eigenvalue weighted by atomic mass is 10.1. The number of carbonyl (C=O) groups excluding carboxylic acids is 1. The van der Waals surface area contributed by atoms with Crippen molar-refractivity contribution in [1.29, 1.82) is 0 Å². The predicted octanol–water partition coefficient (Wildman–Crippen LogP) is 4.53. The van der Waals surface area contributed by atoms with Crippen LogP contribution in [0.15, 0.2) is 54.6 Å². The molecule has 0 aliphatic heterocycles. The van der Waals surface area contributed by atoms with Crippen LogP contribution in [0.25, 0.3) is 0 Å². The first-order chi connectivity index (χ1) is 9.97. The summed E-state index contributed by atoms with van der Waals surface area (Å²) in [4.78, 5) is 11.6. The molecule has 3 nitrogen and oxygen atoms in total. The van der Waals surface area contributed by atoms with Gasteiger partial charge in [0.15, 0.2) is 0 Å². The SMILES string of the molecule is C=C(C)C(=O)Oc1cc(C)c(Nc2ccccc2)cc1C. The van der Waals surface area contributed by atoms with E-state index in [-0.39, 0.29) is 0 Å². The van der Waals surface area contributed by atoms with Gasteiger partial charge in [-0.3, -0.25) is 0 Å². The Labute approximate surface area is 125 Å². The van der Waals surface area contributed by atoms with Crippen molar-refractivity contribution in [2.24, 2.45) is 0 Å². The summed E-state index contributed by atoms with van der Waals surface area (Å²) >= 11 is 0. The van der Waals surface area contributed by atoms with Crippen LogP contribution in [0, 0.1) is 13.8 Å². The number of hydrogen-bond donors (Lipinski definition) is 1. The smallest absolute Gasteiger partial charge is 0.338 e. The Kier molecular flexibility index (Phi) is 4.43. The molecule has 0 radical (unpaired) electrons. The Hall–Kier alpha value is -2.55. The van der Waals surface area contributed by atoms with Gasteiger partial charge in [0.25, 0.3) is 0 Å². The molecule has 0 bridgehead atoms. The summed E-state index contributed by atoms with van der Waals surface area (Å²) in [6.07, 6.45) is 0. The topological polar surface area (TPSA) is 38.3 Å². The molecule has 3 heteroatoms. The average Bonchev–Trinajstić information content (AvgIpc) is 2.45. The zero-order chi connectivity index (χ0) is 15.4. The number of aryl methyl sites for hydroxylation is 2. The number of rotatable bonds is 4. The molecule has 0 aromatic heterocycles. The number of nitrogens with one attached hydrogen (secondary N) is 1. The number of hydrogen-bond acceptors (Lipinski definition) is 3. The fraction of sp³-hybridized carbons (Fsp3) is 0.167. The monoisotopic (exact) mass is 281 g/mol. The molecule has 0 saturated carbocycles. The van der Waals surface area contributed by atoms with Crippen LogP contribution in [0.2, 0.25) is 0 Å². The molecule has 2 rings (SSSR count). The number of para-hydroxylation sites is 1. The van der Waals surface area contributed by atoms with E-state index in [0.717, 1.165) is 22.5 Å². The lowest BCUT2D eigenvalue weighted by Crippen LogP contribution is -2.09. The molecule has 1 N–H and O–H groups in total. The summed E-state index contributed by atoms with van der Waals surface area (Å²) in [5, 5.41) is 3.36. The Morgan fingerprint density at radius 1 is 1.10 bits per heavy atom. The molecule has 2 aromatic rings. The maximum absolute atomic E-state index is 11.6. The van der Waals surface area contributed by atoms with Crippen LogP contribution in [-0.4, -0.2) is 5.97 Å². The Morgan fingerprint density at radius 3 is 2.38 bits per heavy atom. The minimum Gasteiger partial charge on any atom is -0.423 e. The van der Waals surface area contributed by atoms with Crippen LogP contribution < -0.4 is 10.1 Å². The third-order valence-corrected chi connectivity index (χ3v) is 3.13. The highest BCUT2D eigenvalue weighted by Crippen LogP contribution is 2.28. The van der Waals surface area contributed by atoms with Crippen LogP contribution >= 0.6 is 0 Å². The third-order valence-electron chi connectivity index (χ3n) is 3.13. The standard InChI is InChI=1S/C18H19NO2/c1-12(2)18(20)21-17-11-13(3)16(10-14(17)4)19-15-8-6-5-7-9-15/h5-11,19H,1H2,2-4H3. The van der Waals surface area contributed by atoms with Crippen molar-refractivity contribution in [3.8, 4) is 5.75 Å². The van der Waals surface area contributed by atoms with E-state index < -0.39 is 5.97 Å². The molecule has 0 aliphatic carbocycles. The molecular formula is C18H19NO2. The van der Waals surface area contributed by atoms with Crippen LogP contribution in [0.3, 0.4) is 0 Å². The Morgan fingerprint density at radius 2 is 1.76 bits per heavy atom. The normalized spacial score (nSPS) is 10.0. The highest BCUT2D eigenvalue weighted by molar-refractivity contribution is 5.89. The van der Waals surface area contributed by atoms with Crippen LogP contribution in [0.5, 0.6) is 5.75 Å². The van der Waals surface area contributed by atoms with Gasteiger partial charge in [0.1, 0.15) is 5.75 Å². The molecule has 0 unspecified atom stereocenters. The van der Waals surface area contributed by atoms with Gasteiger partial charge in [-0.1, -0.05) is 24.8 Å².